The van der Waals surface area contributed by atoms with Gasteiger partial charge in [0.05, 0.1) is 0 Å². The average Bonchev–Trinajstić information content (AvgIpc) is 2.75. The van der Waals surface area contributed by atoms with Gasteiger partial charge < -0.3 is 10.3 Å². The Morgan fingerprint density at radius 1 is 1.25 bits per heavy atom. The van der Waals surface area contributed by atoms with Crippen LogP contribution in [0.3, 0.4) is 0 Å². The summed E-state index contributed by atoms with van der Waals surface area (Å²) in [7, 11) is 0. The highest BCUT2D eigenvalue weighted by Gasteiger charge is 2.12. The normalized spacial score (nSPS) is 14.7. The molecule has 2 atom stereocenters. The fourth-order valence-electron chi connectivity index (χ4n) is 2.55. The van der Waals surface area contributed by atoms with E-state index in [1.807, 2.05) is 6.07 Å². The van der Waals surface area contributed by atoms with Crippen molar-refractivity contribution in [1.82, 2.24) is 4.57 Å². The molecule has 0 radical (unpaired) electrons. The predicted octanol–water partition coefficient (Wildman–Crippen LogP) is 4.62. The number of benzene rings is 1. The fourth-order valence-corrected chi connectivity index (χ4v) is 2.71. The van der Waals surface area contributed by atoms with E-state index in [0.717, 1.165) is 24.4 Å². The van der Waals surface area contributed by atoms with Crippen molar-refractivity contribution < 1.29 is 0 Å². The van der Waals surface area contributed by atoms with E-state index in [0.29, 0.717) is 5.92 Å². The molecule has 1 aromatic heterocycles. The molecule has 0 bridgehead atoms. The SMILES string of the molecule is CCC(C)Cn1cc(CC(N)CC)c2ccc(Cl)cc21. The largest absolute Gasteiger partial charge is 0.347 e. The lowest BCUT2D eigenvalue weighted by molar-refractivity contribution is 0.477. The number of fused-ring (bicyclic) bond motifs is 1. The number of halogens is 1. The lowest BCUT2D eigenvalue weighted by atomic mass is 10.0. The van der Waals surface area contributed by atoms with Crippen LogP contribution in [0.25, 0.3) is 10.9 Å². The summed E-state index contributed by atoms with van der Waals surface area (Å²) < 4.78 is 2.34. The summed E-state index contributed by atoms with van der Waals surface area (Å²) in [5.41, 5.74) is 8.70. The van der Waals surface area contributed by atoms with Gasteiger partial charge in [0.2, 0.25) is 0 Å². The van der Waals surface area contributed by atoms with Crippen molar-refractivity contribution in [3.63, 3.8) is 0 Å². The number of hydrogen-bond donors (Lipinski definition) is 1. The first-order chi connectivity index (χ1) is 9.55. The van der Waals surface area contributed by atoms with Gasteiger partial charge in [0, 0.05) is 34.7 Å². The maximum atomic E-state index is 6.17. The molecule has 2 aromatic rings. The van der Waals surface area contributed by atoms with Crippen molar-refractivity contribution >= 4 is 22.5 Å². The second-order valence-electron chi connectivity index (χ2n) is 5.85. The van der Waals surface area contributed by atoms with Gasteiger partial charge in [0.25, 0.3) is 0 Å². The van der Waals surface area contributed by atoms with E-state index in [1.54, 1.807) is 0 Å². The number of nitrogens with two attached hydrogens (primary N) is 1. The van der Waals surface area contributed by atoms with E-state index < -0.39 is 0 Å². The first-order valence-electron chi connectivity index (χ1n) is 7.58. The molecule has 110 valence electrons. The average molecular weight is 293 g/mol. The van der Waals surface area contributed by atoms with Crippen molar-refractivity contribution in [3.8, 4) is 0 Å². The van der Waals surface area contributed by atoms with Crippen LogP contribution in [0.2, 0.25) is 5.02 Å². The zero-order valence-electron chi connectivity index (χ0n) is 12.7. The third kappa shape index (κ3) is 3.36. The van der Waals surface area contributed by atoms with Crippen LogP contribution in [0.5, 0.6) is 0 Å². The summed E-state index contributed by atoms with van der Waals surface area (Å²) in [5, 5.41) is 2.09. The Hall–Kier alpha value is -0.990. The standard InChI is InChI=1S/C17H25ClN2/c1-4-12(3)10-20-11-13(8-15(19)5-2)16-7-6-14(18)9-17(16)20/h6-7,9,11-12,15H,4-5,8,10,19H2,1-3H3. The number of nitrogens with zero attached hydrogens (tertiary/aromatic N) is 1. The van der Waals surface area contributed by atoms with Crippen molar-refractivity contribution in [3.05, 3.63) is 35.0 Å². The quantitative estimate of drug-likeness (QED) is 0.827. The van der Waals surface area contributed by atoms with Gasteiger partial charge in [-0.3, -0.25) is 0 Å². The Kier molecular flexibility index (Phi) is 5.11. The molecule has 1 aromatic carbocycles. The zero-order valence-corrected chi connectivity index (χ0v) is 13.5. The van der Waals surface area contributed by atoms with Gasteiger partial charge in [-0.1, -0.05) is 44.9 Å². The van der Waals surface area contributed by atoms with E-state index in [4.69, 9.17) is 17.3 Å². The van der Waals surface area contributed by atoms with Crippen molar-refractivity contribution in [2.75, 3.05) is 0 Å². The number of aromatic nitrogens is 1. The van der Waals surface area contributed by atoms with E-state index in [2.05, 4.69) is 43.7 Å². The molecule has 2 N–H and O–H groups in total. The molecule has 0 saturated carbocycles. The van der Waals surface area contributed by atoms with Crippen LogP contribution in [0.15, 0.2) is 24.4 Å². The van der Waals surface area contributed by atoms with Crippen LogP contribution in [0, 0.1) is 5.92 Å². The van der Waals surface area contributed by atoms with E-state index in [9.17, 15) is 0 Å². The highest BCUT2D eigenvalue weighted by Crippen LogP contribution is 2.27. The predicted molar refractivity (Wildman–Crippen MR) is 88.4 cm³/mol. The summed E-state index contributed by atoms with van der Waals surface area (Å²) in [6.07, 6.45) is 5.39. The molecule has 0 amide bonds. The second kappa shape index (κ2) is 6.64. The van der Waals surface area contributed by atoms with Crippen molar-refractivity contribution in [1.29, 1.82) is 0 Å². The summed E-state index contributed by atoms with van der Waals surface area (Å²) in [4.78, 5) is 0. The van der Waals surface area contributed by atoms with Crippen molar-refractivity contribution in [2.24, 2.45) is 11.7 Å². The van der Waals surface area contributed by atoms with E-state index in [-0.39, 0.29) is 6.04 Å². The molecule has 0 aliphatic rings. The number of hydrogen-bond acceptors (Lipinski definition) is 1. The maximum Gasteiger partial charge on any atom is 0.0498 e. The fraction of sp³-hybridized carbons (Fsp3) is 0.529. The molecule has 2 nitrogen and oxygen atoms in total. The topological polar surface area (TPSA) is 30.9 Å². The lowest BCUT2D eigenvalue weighted by Crippen LogP contribution is -2.21. The first kappa shape index (κ1) is 15.4. The van der Waals surface area contributed by atoms with Gasteiger partial charge in [0.15, 0.2) is 0 Å². The monoisotopic (exact) mass is 292 g/mol. The smallest absolute Gasteiger partial charge is 0.0498 e. The summed E-state index contributed by atoms with van der Waals surface area (Å²) >= 11 is 6.17. The Bertz CT molecular complexity index is 574. The minimum atomic E-state index is 0.230. The van der Waals surface area contributed by atoms with Gasteiger partial charge in [-0.25, -0.2) is 0 Å². The van der Waals surface area contributed by atoms with Crippen LogP contribution in [0.1, 0.15) is 39.2 Å². The minimum absolute atomic E-state index is 0.230. The summed E-state index contributed by atoms with van der Waals surface area (Å²) in [6, 6.07) is 6.40. The molecule has 1 heterocycles. The summed E-state index contributed by atoms with van der Waals surface area (Å²) in [6.45, 7) is 7.69. The lowest BCUT2D eigenvalue weighted by Gasteiger charge is -2.11. The highest BCUT2D eigenvalue weighted by atomic mass is 35.5. The second-order valence-corrected chi connectivity index (χ2v) is 6.29. The van der Waals surface area contributed by atoms with Crippen LogP contribution in [-0.2, 0) is 13.0 Å². The molecule has 0 aliphatic heterocycles. The van der Waals surface area contributed by atoms with Crippen LogP contribution >= 0.6 is 11.6 Å². The van der Waals surface area contributed by atoms with E-state index in [1.165, 1.54) is 22.9 Å². The van der Waals surface area contributed by atoms with Crippen LogP contribution in [0.4, 0.5) is 0 Å². The third-order valence-corrected chi connectivity index (χ3v) is 4.37. The molecule has 0 fully saturated rings. The minimum Gasteiger partial charge on any atom is -0.347 e. The zero-order chi connectivity index (χ0) is 14.7. The Labute approximate surface area is 126 Å². The Balaban J connectivity index is 2.43. The molecule has 3 heteroatoms. The Morgan fingerprint density at radius 3 is 2.65 bits per heavy atom. The van der Waals surface area contributed by atoms with Gasteiger partial charge in [0.1, 0.15) is 0 Å². The highest BCUT2D eigenvalue weighted by molar-refractivity contribution is 6.31. The summed E-state index contributed by atoms with van der Waals surface area (Å²) in [5.74, 6) is 0.664. The molecule has 20 heavy (non-hydrogen) atoms. The molecule has 2 unspecified atom stereocenters. The maximum absolute atomic E-state index is 6.17. The van der Waals surface area contributed by atoms with Gasteiger partial charge in [-0.2, -0.15) is 0 Å². The molecular weight excluding hydrogens is 268 g/mol. The molecule has 0 aliphatic carbocycles. The van der Waals surface area contributed by atoms with Gasteiger partial charge >= 0.3 is 0 Å². The van der Waals surface area contributed by atoms with Gasteiger partial charge in [-0.15, -0.1) is 0 Å². The molecule has 0 saturated heterocycles. The first-order valence-corrected chi connectivity index (χ1v) is 7.95. The number of rotatable bonds is 6. The van der Waals surface area contributed by atoms with E-state index >= 15 is 0 Å². The van der Waals surface area contributed by atoms with Crippen molar-refractivity contribution in [2.45, 2.75) is 52.6 Å². The molecular formula is C17H25ClN2. The molecule has 0 spiro atoms. The Morgan fingerprint density at radius 2 is 2.00 bits per heavy atom. The van der Waals surface area contributed by atoms with Crippen LogP contribution < -0.4 is 5.73 Å². The van der Waals surface area contributed by atoms with Crippen LogP contribution in [-0.4, -0.2) is 10.6 Å². The third-order valence-electron chi connectivity index (χ3n) is 4.14. The molecule has 2 rings (SSSR count). The van der Waals surface area contributed by atoms with Gasteiger partial charge in [-0.05, 0) is 36.5 Å².